The molecule has 2 atom stereocenters. The van der Waals surface area contributed by atoms with Gasteiger partial charge < -0.3 is 20.3 Å². The van der Waals surface area contributed by atoms with Crippen LogP contribution in [0.4, 0.5) is 0 Å². The fourth-order valence-electron chi connectivity index (χ4n) is 2.81. The van der Waals surface area contributed by atoms with Crippen LogP contribution in [0.25, 0.3) is 0 Å². The number of ether oxygens (including phenoxy) is 2. The second-order valence-electron chi connectivity index (χ2n) is 5.21. The van der Waals surface area contributed by atoms with Crippen LogP contribution in [0.3, 0.4) is 0 Å². The molecule has 20 heavy (non-hydrogen) atoms. The molecule has 0 amide bonds. The SMILES string of the molecule is COc1cc(OC)cc([C@H](N)[C@H](O)C2CCCC2)c1.Cl. The number of nitrogens with two attached hydrogens (primary N) is 1. The minimum atomic E-state index is -0.501. The average molecular weight is 302 g/mol. The number of aliphatic hydroxyl groups excluding tert-OH is 1. The molecule has 0 aliphatic heterocycles. The Morgan fingerprint density at radius 3 is 2.05 bits per heavy atom. The zero-order valence-electron chi connectivity index (χ0n) is 12.0. The molecule has 0 radical (unpaired) electrons. The van der Waals surface area contributed by atoms with E-state index < -0.39 is 12.1 Å². The third kappa shape index (κ3) is 3.78. The summed E-state index contributed by atoms with van der Waals surface area (Å²) >= 11 is 0. The van der Waals surface area contributed by atoms with Crippen LogP contribution in [-0.4, -0.2) is 25.4 Å². The van der Waals surface area contributed by atoms with E-state index in [0.29, 0.717) is 17.4 Å². The van der Waals surface area contributed by atoms with E-state index in [1.807, 2.05) is 12.1 Å². The van der Waals surface area contributed by atoms with Gasteiger partial charge in [0, 0.05) is 6.07 Å². The highest BCUT2D eigenvalue weighted by atomic mass is 35.5. The van der Waals surface area contributed by atoms with Gasteiger partial charge in [-0.3, -0.25) is 0 Å². The molecule has 0 heterocycles. The number of aliphatic hydroxyl groups is 1. The van der Waals surface area contributed by atoms with Gasteiger partial charge in [0.05, 0.1) is 26.4 Å². The number of hydrogen-bond acceptors (Lipinski definition) is 4. The van der Waals surface area contributed by atoms with Crippen molar-refractivity contribution in [3.63, 3.8) is 0 Å². The van der Waals surface area contributed by atoms with E-state index in [2.05, 4.69) is 0 Å². The van der Waals surface area contributed by atoms with Gasteiger partial charge in [-0.2, -0.15) is 0 Å². The lowest BCUT2D eigenvalue weighted by Gasteiger charge is -2.25. The predicted molar refractivity (Wildman–Crippen MR) is 81.7 cm³/mol. The zero-order chi connectivity index (χ0) is 13.8. The lowest BCUT2D eigenvalue weighted by molar-refractivity contribution is 0.0843. The molecule has 1 aromatic rings. The first-order valence-corrected chi connectivity index (χ1v) is 6.82. The molecule has 0 unspecified atom stereocenters. The van der Waals surface area contributed by atoms with Gasteiger partial charge >= 0.3 is 0 Å². The number of methoxy groups -OCH3 is 2. The maximum Gasteiger partial charge on any atom is 0.122 e. The molecular weight excluding hydrogens is 278 g/mol. The molecule has 5 heteroatoms. The van der Waals surface area contributed by atoms with Crippen molar-refractivity contribution in [2.24, 2.45) is 11.7 Å². The third-order valence-electron chi connectivity index (χ3n) is 4.01. The number of rotatable bonds is 5. The van der Waals surface area contributed by atoms with Crippen LogP contribution in [0.5, 0.6) is 11.5 Å². The Balaban J connectivity index is 0.00000200. The lowest BCUT2D eigenvalue weighted by Crippen LogP contribution is -2.31. The second-order valence-corrected chi connectivity index (χ2v) is 5.21. The molecule has 0 bridgehead atoms. The van der Waals surface area contributed by atoms with E-state index in [-0.39, 0.29) is 12.4 Å². The van der Waals surface area contributed by atoms with Gasteiger partial charge in [0.15, 0.2) is 0 Å². The van der Waals surface area contributed by atoms with Gasteiger partial charge in [-0.25, -0.2) is 0 Å². The Morgan fingerprint density at radius 1 is 1.10 bits per heavy atom. The Bertz CT molecular complexity index is 399. The quantitative estimate of drug-likeness (QED) is 0.877. The maximum absolute atomic E-state index is 10.4. The molecular formula is C15H24ClNO3. The molecule has 114 valence electrons. The fraction of sp³-hybridized carbons (Fsp3) is 0.600. The summed E-state index contributed by atoms with van der Waals surface area (Å²) in [4.78, 5) is 0. The van der Waals surface area contributed by atoms with Gasteiger partial charge in [-0.15, -0.1) is 12.4 Å². The van der Waals surface area contributed by atoms with Crippen LogP contribution in [0.2, 0.25) is 0 Å². The summed E-state index contributed by atoms with van der Waals surface area (Å²) in [5.41, 5.74) is 7.06. The van der Waals surface area contributed by atoms with Crippen molar-refractivity contribution in [2.75, 3.05) is 14.2 Å². The summed E-state index contributed by atoms with van der Waals surface area (Å²) in [6.07, 6.45) is 4.01. The molecule has 1 aliphatic rings. The Hall–Kier alpha value is -0.970. The van der Waals surface area contributed by atoms with Crippen molar-refractivity contribution in [2.45, 2.75) is 37.8 Å². The summed E-state index contributed by atoms with van der Waals surface area (Å²) in [5.74, 6) is 1.71. The Labute approximate surface area is 126 Å². The minimum absolute atomic E-state index is 0. The molecule has 0 saturated heterocycles. The van der Waals surface area contributed by atoms with E-state index in [0.717, 1.165) is 18.4 Å². The molecule has 0 spiro atoms. The molecule has 2 rings (SSSR count). The highest BCUT2D eigenvalue weighted by Crippen LogP contribution is 2.34. The van der Waals surface area contributed by atoms with E-state index in [4.69, 9.17) is 15.2 Å². The summed E-state index contributed by atoms with van der Waals surface area (Å²) in [6, 6.07) is 5.14. The lowest BCUT2D eigenvalue weighted by atomic mass is 9.91. The predicted octanol–water partition coefficient (Wildman–Crippen LogP) is 2.68. The monoisotopic (exact) mass is 301 g/mol. The van der Waals surface area contributed by atoms with Crippen molar-refractivity contribution in [1.29, 1.82) is 0 Å². The van der Waals surface area contributed by atoms with Crippen molar-refractivity contribution in [3.8, 4) is 11.5 Å². The van der Waals surface area contributed by atoms with Crippen LogP contribution >= 0.6 is 12.4 Å². The third-order valence-corrected chi connectivity index (χ3v) is 4.01. The van der Waals surface area contributed by atoms with E-state index in [1.165, 1.54) is 12.8 Å². The zero-order valence-corrected chi connectivity index (χ0v) is 12.9. The molecule has 1 saturated carbocycles. The fourth-order valence-corrected chi connectivity index (χ4v) is 2.81. The van der Waals surface area contributed by atoms with Gasteiger partial charge in [0.2, 0.25) is 0 Å². The van der Waals surface area contributed by atoms with Crippen molar-refractivity contribution < 1.29 is 14.6 Å². The number of benzene rings is 1. The highest BCUT2D eigenvalue weighted by Gasteiger charge is 2.29. The molecule has 4 nitrogen and oxygen atoms in total. The van der Waals surface area contributed by atoms with Crippen molar-refractivity contribution in [1.82, 2.24) is 0 Å². The van der Waals surface area contributed by atoms with Crippen LogP contribution < -0.4 is 15.2 Å². The number of halogens is 1. The van der Waals surface area contributed by atoms with Gasteiger partial charge in [-0.05, 0) is 36.5 Å². The molecule has 1 fully saturated rings. The van der Waals surface area contributed by atoms with Gasteiger partial charge in [-0.1, -0.05) is 12.8 Å². The van der Waals surface area contributed by atoms with Crippen LogP contribution in [0.1, 0.15) is 37.3 Å². The molecule has 3 N–H and O–H groups in total. The van der Waals surface area contributed by atoms with Crippen LogP contribution in [0, 0.1) is 5.92 Å². The topological polar surface area (TPSA) is 64.7 Å². The Morgan fingerprint density at radius 2 is 1.60 bits per heavy atom. The van der Waals surface area contributed by atoms with E-state index in [1.54, 1.807) is 20.3 Å². The summed E-state index contributed by atoms with van der Waals surface area (Å²) in [7, 11) is 3.22. The number of hydrogen-bond donors (Lipinski definition) is 2. The minimum Gasteiger partial charge on any atom is -0.497 e. The molecule has 1 aliphatic carbocycles. The molecule has 1 aromatic carbocycles. The highest BCUT2D eigenvalue weighted by molar-refractivity contribution is 5.85. The second kappa shape index (κ2) is 7.72. The van der Waals surface area contributed by atoms with Crippen LogP contribution in [-0.2, 0) is 0 Å². The Kier molecular flexibility index (Phi) is 6.59. The largest absolute Gasteiger partial charge is 0.497 e. The smallest absolute Gasteiger partial charge is 0.122 e. The first-order chi connectivity index (χ1) is 9.15. The standard InChI is InChI=1S/C15H23NO3.ClH/c1-18-12-7-11(8-13(9-12)19-2)14(16)15(17)10-5-3-4-6-10;/h7-10,14-15,17H,3-6,16H2,1-2H3;1H/t14-,15+;/m0./s1. The maximum atomic E-state index is 10.4. The van der Waals surface area contributed by atoms with Crippen molar-refractivity contribution >= 4 is 12.4 Å². The summed E-state index contributed by atoms with van der Waals surface area (Å²) in [6.45, 7) is 0. The van der Waals surface area contributed by atoms with Crippen LogP contribution in [0.15, 0.2) is 18.2 Å². The normalized spacial score (nSPS) is 18.2. The van der Waals surface area contributed by atoms with Crippen molar-refractivity contribution in [3.05, 3.63) is 23.8 Å². The average Bonchev–Trinajstić information content (AvgIpc) is 2.99. The first-order valence-electron chi connectivity index (χ1n) is 6.82. The summed E-state index contributed by atoms with van der Waals surface area (Å²) < 4.78 is 10.5. The van der Waals surface area contributed by atoms with E-state index >= 15 is 0 Å². The van der Waals surface area contributed by atoms with Gasteiger partial charge in [0.1, 0.15) is 11.5 Å². The van der Waals surface area contributed by atoms with Gasteiger partial charge in [0.25, 0.3) is 0 Å². The van der Waals surface area contributed by atoms with E-state index in [9.17, 15) is 5.11 Å². The summed E-state index contributed by atoms with van der Waals surface area (Å²) in [5, 5.41) is 10.4. The molecule has 0 aromatic heterocycles. The first kappa shape index (κ1) is 17.1.